The summed E-state index contributed by atoms with van der Waals surface area (Å²) in [5.74, 6) is -0.864. The van der Waals surface area contributed by atoms with Crippen molar-refractivity contribution < 1.29 is 22.4 Å². The topological polar surface area (TPSA) is 95.6 Å². The van der Waals surface area contributed by atoms with E-state index >= 15 is 0 Å². The molecule has 1 aliphatic carbocycles. The van der Waals surface area contributed by atoms with Gasteiger partial charge in [0.15, 0.2) is 0 Å². The van der Waals surface area contributed by atoms with E-state index in [-0.39, 0.29) is 41.5 Å². The van der Waals surface area contributed by atoms with Gasteiger partial charge < -0.3 is 10.2 Å². The average molecular weight is 552 g/mol. The van der Waals surface area contributed by atoms with Gasteiger partial charge in [0, 0.05) is 25.6 Å². The summed E-state index contributed by atoms with van der Waals surface area (Å²) in [6.07, 6.45) is 2.91. The lowest BCUT2D eigenvalue weighted by molar-refractivity contribution is -0.140. The SMILES string of the molecule is C[C@@H](C(=O)NCCc1ccccc1)N(Cc1ccc(F)cc1)C(=O)CCc1ccc(S(=O)(=O)NC2CC2)cc1. The van der Waals surface area contributed by atoms with Crippen LogP contribution in [0.25, 0.3) is 0 Å². The maximum atomic E-state index is 13.4. The van der Waals surface area contributed by atoms with Gasteiger partial charge in [-0.1, -0.05) is 54.6 Å². The summed E-state index contributed by atoms with van der Waals surface area (Å²) in [7, 11) is -3.54. The van der Waals surface area contributed by atoms with Gasteiger partial charge in [0.25, 0.3) is 0 Å². The van der Waals surface area contributed by atoms with Gasteiger partial charge in [0.05, 0.1) is 4.90 Å². The van der Waals surface area contributed by atoms with Gasteiger partial charge in [-0.05, 0) is 73.6 Å². The zero-order valence-electron chi connectivity index (χ0n) is 22.0. The smallest absolute Gasteiger partial charge is 0.242 e. The Bertz CT molecular complexity index is 1360. The number of amides is 2. The number of nitrogens with zero attached hydrogens (tertiary/aromatic N) is 1. The summed E-state index contributed by atoms with van der Waals surface area (Å²) >= 11 is 0. The van der Waals surface area contributed by atoms with Crippen molar-refractivity contribution >= 4 is 21.8 Å². The van der Waals surface area contributed by atoms with Gasteiger partial charge in [-0.25, -0.2) is 17.5 Å². The molecular weight excluding hydrogens is 517 g/mol. The molecule has 0 aliphatic heterocycles. The Morgan fingerprint density at radius 2 is 1.51 bits per heavy atom. The Hall–Kier alpha value is -3.56. The number of hydrogen-bond donors (Lipinski definition) is 2. The minimum Gasteiger partial charge on any atom is -0.354 e. The van der Waals surface area contributed by atoms with Crippen molar-refractivity contribution in [3.8, 4) is 0 Å². The monoisotopic (exact) mass is 551 g/mol. The lowest BCUT2D eigenvalue weighted by atomic mass is 10.1. The fraction of sp³-hybridized carbons (Fsp3) is 0.333. The van der Waals surface area contributed by atoms with E-state index in [9.17, 15) is 22.4 Å². The maximum Gasteiger partial charge on any atom is 0.242 e. The molecule has 7 nitrogen and oxygen atoms in total. The molecule has 0 saturated heterocycles. The van der Waals surface area contributed by atoms with Crippen LogP contribution in [-0.4, -0.2) is 43.8 Å². The number of rotatable bonds is 13. The molecule has 0 bridgehead atoms. The second-order valence-electron chi connectivity index (χ2n) is 9.89. The van der Waals surface area contributed by atoms with Crippen molar-refractivity contribution in [1.82, 2.24) is 14.9 Å². The third-order valence-corrected chi connectivity index (χ3v) is 8.29. The largest absolute Gasteiger partial charge is 0.354 e. The number of carbonyl (C=O) groups is 2. The first-order valence-electron chi connectivity index (χ1n) is 13.2. The highest BCUT2D eigenvalue weighted by Crippen LogP contribution is 2.22. The first kappa shape index (κ1) is 28.4. The fourth-order valence-corrected chi connectivity index (χ4v) is 5.52. The lowest BCUT2D eigenvalue weighted by Gasteiger charge is -2.29. The molecule has 3 aromatic rings. The van der Waals surface area contributed by atoms with Crippen LogP contribution >= 0.6 is 0 Å². The molecule has 2 N–H and O–H groups in total. The molecule has 39 heavy (non-hydrogen) atoms. The van der Waals surface area contributed by atoms with Crippen LogP contribution in [0.5, 0.6) is 0 Å². The van der Waals surface area contributed by atoms with Gasteiger partial charge in [0.1, 0.15) is 11.9 Å². The zero-order valence-corrected chi connectivity index (χ0v) is 22.8. The highest BCUT2D eigenvalue weighted by molar-refractivity contribution is 7.89. The van der Waals surface area contributed by atoms with Crippen LogP contribution in [0.2, 0.25) is 0 Å². The Kier molecular flexibility index (Phi) is 9.48. The van der Waals surface area contributed by atoms with E-state index in [4.69, 9.17) is 0 Å². The number of sulfonamides is 1. The van der Waals surface area contributed by atoms with Gasteiger partial charge in [-0.2, -0.15) is 0 Å². The van der Waals surface area contributed by atoms with Gasteiger partial charge in [0.2, 0.25) is 21.8 Å². The molecule has 9 heteroatoms. The molecule has 206 valence electrons. The number of benzene rings is 3. The molecule has 1 aliphatic rings. The van der Waals surface area contributed by atoms with Crippen molar-refractivity contribution in [2.45, 2.75) is 62.6 Å². The number of nitrogens with one attached hydrogen (secondary N) is 2. The molecule has 2 amide bonds. The predicted octanol–water partition coefficient (Wildman–Crippen LogP) is 3.98. The van der Waals surface area contributed by atoms with Crippen LogP contribution in [0, 0.1) is 5.82 Å². The van der Waals surface area contributed by atoms with Crippen molar-refractivity contribution in [1.29, 1.82) is 0 Å². The minimum atomic E-state index is -3.54. The number of halogens is 1. The fourth-order valence-electron chi connectivity index (χ4n) is 4.21. The van der Waals surface area contributed by atoms with E-state index in [0.29, 0.717) is 24.9 Å². The lowest BCUT2D eigenvalue weighted by Crippen LogP contribution is -2.48. The average Bonchev–Trinajstić information content (AvgIpc) is 3.75. The van der Waals surface area contributed by atoms with E-state index in [1.54, 1.807) is 43.3 Å². The Morgan fingerprint density at radius 3 is 2.15 bits per heavy atom. The van der Waals surface area contributed by atoms with Crippen molar-refractivity contribution in [2.75, 3.05) is 6.54 Å². The van der Waals surface area contributed by atoms with E-state index < -0.39 is 16.1 Å². The minimum absolute atomic E-state index is 0.0249. The van der Waals surface area contributed by atoms with E-state index in [1.807, 2.05) is 30.3 Å². The molecule has 0 spiro atoms. The molecule has 1 atom stereocenters. The third-order valence-electron chi connectivity index (χ3n) is 6.75. The van der Waals surface area contributed by atoms with Crippen molar-refractivity contribution in [3.63, 3.8) is 0 Å². The normalized spacial score (nSPS) is 14.0. The molecule has 0 radical (unpaired) electrons. The van der Waals surface area contributed by atoms with Crippen LogP contribution in [-0.2, 0) is 39.0 Å². The van der Waals surface area contributed by atoms with E-state index in [1.165, 1.54) is 17.0 Å². The van der Waals surface area contributed by atoms with E-state index in [2.05, 4.69) is 10.0 Å². The number of hydrogen-bond acceptors (Lipinski definition) is 4. The van der Waals surface area contributed by atoms with Gasteiger partial charge >= 0.3 is 0 Å². The highest BCUT2D eigenvalue weighted by Gasteiger charge is 2.28. The number of carbonyl (C=O) groups excluding carboxylic acids is 2. The van der Waals surface area contributed by atoms with Crippen molar-refractivity contribution in [3.05, 3.63) is 101 Å². The second-order valence-corrected chi connectivity index (χ2v) is 11.6. The summed E-state index contributed by atoms with van der Waals surface area (Å²) in [6.45, 7) is 2.29. The molecule has 3 aromatic carbocycles. The Morgan fingerprint density at radius 1 is 0.897 bits per heavy atom. The van der Waals surface area contributed by atoms with Crippen molar-refractivity contribution in [2.24, 2.45) is 0 Å². The molecule has 0 heterocycles. The molecule has 0 aromatic heterocycles. The Balaban J connectivity index is 1.38. The standard InChI is InChI=1S/C30H34FN3O4S/c1-22(30(36)32-20-19-23-5-3-2-4-6-23)34(21-25-7-12-26(31)13-8-25)29(35)18-11-24-9-16-28(17-10-24)39(37,38)33-27-14-15-27/h2-10,12-13,16-17,22,27,33H,11,14-15,18-21H2,1H3,(H,32,36)/t22-/m0/s1. The first-order valence-corrected chi connectivity index (χ1v) is 14.7. The summed E-state index contributed by atoms with van der Waals surface area (Å²) < 4.78 is 40.9. The third kappa shape index (κ3) is 8.46. The van der Waals surface area contributed by atoms with Gasteiger partial charge in [-0.15, -0.1) is 0 Å². The number of aryl methyl sites for hydroxylation is 1. The van der Waals surface area contributed by atoms with Gasteiger partial charge in [-0.3, -0.25) is 9.59 Å². The quantitative estimate of drug-likeness (QED) is 0.336. The summed E-state index contributed by atoms with van der Waals surface area (Å²) in [5, 5.41) is 2.92. The van der Waals surface area contributed by atoms with Crippen LogP contribution < -0.4 is 10.0 Å². The molecule has 1 saturated carbocycles. The predicted molar refractivity (Wildman–Crippen MR) is 148 cm³/mol. The highest BCUT2D eigenvalue weighted by atomic mass is 32.2. The van der Waals surface area contributed by atoms with Crippen LogP contribution in [0.4, 0.5) is 4.39 Å². The first-order chi connectivity index (χ1) is 18.7. The summed E-state index contributed by atoms with van der Waals surface area (Å²) in [6, 6.07) is 21.5. The molecule has 1 fully saturated rings. The second kappa shape index (κ2) is 13.0. The Labute approximate surface area is 229 Å². The molecule has 0 unspecified atom stereocenters. The van der Waals surface area contributed by atoms with Crippen LogP contribution in [0.15, 0.2) is 83.8 Å². The van der Waals surface area contributed by atoms with Crippen LogP contribution in [0.1, 0.15) is 42.9 Å². The molecular formula is C30H34FN3O4S. The van der Waals surface area contributed by atoms with E-state index in [0.717, 1.165) is 24.0 Å². The zero-order chi connectivity index (χ0) is 27.8. The maximum absolute atomic E-state index is 13.4. The summed E-state index contributed by atoms with van der Waals surface area (Å²) in [5.41, 5.74) is 2.63. The van der Waals surface area contributed by atoms with Crippen LogP contribution in [0.3, 0.4) is 0 Å². The molecule has 4 rings (SSSR count). The summed E-state index contributed by atoms with van der Waals surface area (Å²) in [4.78, 5) is 28.0.